The summed E-state index contributed by atoms with van der Waals surface area (Å²) < 4.78 is 33.3. The molecular weight excluding hydrogens is 380 g/mol. The molecule has 2 rings (SSSR count). The zero-order chi connectivity index (χ0) is 15.6. The minimum absolute atomic E-state index is 0.0870. The second kappa shape index (κ2) is 6.21. The standard InChI is InChI=1S/C13H12BrClN2O3S/c1-8-5-9(14)6-11(20-2)13(8)17-21(18,19)12-7-16-4-3-10(12)15/h3-7,17H,1-2H3. The Morgan fingerprint density at radius 1 is 1.38 bits per heavy atom. The summed E-state index contributed by atoms with van der Waals surface area (Å²) in [6.45, 7) is 1.77. The fraction of sp³-hybridized carbons (Fsp3) is 0.154. The van der Waals surface area contributed by atoms with Gasteiger partial charge in [0.1, 0.15) is 10.6 Å². The molecule has 8 heteroatoms. The average Bonchev–Trinajstić information content (AvgIpc) is 2.41. The van der Waals surface area contributed by atoms with E-state index in [1.807, 2.05) is 0 Å². The smallest absolute Gasteiger partial charge is 0.265 e. The number of nitrogens with one attached hydrogen (secondary N) is 1. The summed E-state index contributed by atoms with van der Waals surface area (Å²) in [5.41, 5.74) is 1.07. The van der Waals surface area contributed by atoms with E-state index in [1.54, 1.807) is 19.1 Å². The zero-order valence-electron chi connectivity index (χ0n) is 11.2. The van der Waals surface area contributed by atoms with Gasteiger partial charge in [-0.1, -0.05) is 27.5 Å². The van der Waals surface area contributed by atoms with Crippen molar-refractivity contribution in [3.8, 4) is 5.75 Å². The van der Waals surface area contributed by atoms with Crippen molar-refractivity contribution in [3.05, 3.63) is 45.7 Å². The van der Waals surface area contributed by atoms with E-state index < -0.39 is 10.0 Å². The van der Waals surface area contributed by atoms with E-state index in [4.69, 9.17) is 16.3 Å². The number of benzene rings is 1. The van der Waals surface area contributed by atoms with Gasteiger partial charge in [-0.25, -0.2) is 8.42 Å². The van der Waals surface area contributed by atoms with Crippen LogP contribution in [0.15, 0.2) is 40.0 Å². The number of ether oxygens (including phenoxy) is 1. The number of nitrogens with zero attached hydrogens (tertiary/aromatic N) is 1. The van der Waals surface area contributed by atoms with Crippen LogP contribution in [0, 0.1) is 6.92 Å². The number of pyridine rings is 1. The maximum absolute atomic E-state index is 12.4. The van der Waals surface area contributed by atoms with E-state index in [0.717, 1.165) is 4.47 Å². The number of hydrogen-bond acceptors (Lipinski definition) is 4. The molecule has 0 unspecified atom stereocenters. The van der Waals surface area contributed by atoms with Crippen LogP contribution in [0.25, 0.3) is 0 Å². The Bertz CT molecular complexity index is 781. The number of aryl methyl sites for hydroxylation is 1. The molecule has 1 N–H and O–H groups in total. The molecule has 0 saturated heterocycles. The number of methoxy groups -OCH3 is 1. The van der Waals surface area contributed by atoms with Gasteiger partial charge in [0, 0.05) is 16.9 Å². The van der Waals surface area contributed by atoms with Crippen LogP contribution in [-0.2, 0) is 10.0 Å². The van der Waals surface area contributed by atoms with Crippen molar-refractivity contribution >= 4 is 43.2 Å². The van der Waals surface area contributed by atoms with Gasteiger partial charge < -0.3 is 4.74 Å². The lowest BCUT2D eigenvalue weighted by Crippen LogP contribution is -2.15. The molecule has 1 heterocycles. The number of rotatable bonds is 4. The Labute approximate surface area is 136 Å². The maximum atomic E-state index is 12.4. The maximum Gasteiger partial charge on any atom is 0.265 e. The third-order valence-electron chi connectivity index (χ3n) is 2.74. The molecule has 1 aromatic heterocycles. The summed E-state index contributed by atoms with van der Waals surface area (Å²) in [5.74, 6) is 0.408. The second-order valence-electron chi connectivity index (χ2n) is 4.21. The first-order valence-electron chi connectivity index (χ1n) is 5.81. The molecule has 0 spiro atoms. The zero-order valence-corrected chi connectivity index (χ0v) is 14.4. The number of anilines is 1. The lowest BCUT2D eigenvalue weighted by molar-refractivity contribution is 0.416. The van der Waals surface area contributed by atoms with Crippen molar-refractivity contribution in [2.24, 2.45) is 0 Å². The molecule has 0 aliphatic rings. The lowest BCUT2D eigenvalue weighted by Gasteiger charge is -2.15. The van der Waals surface area contributed by atoms with Crippen LogP contribution in [0.4, 0.5) is 5.69 Å². The summed E-state index contributed by atoms with van der Waals surface area (Å²) >= 11 is 9.25. The minimum atomic E-state index is -3.85. The summed E-state index contributed by atoms with van der Waals surface area (Å²) in [6, 6.07) is 4.88. The van der Waals surface area contributed by atoms with Gasteiger partial charge in [0.15, 0.2) is 0 Å². The highest BCUT2D eigenvalue weighted by molar-refractivity contribution is 9.10. The normalized spacial score (nSPS) is 11.2. The van der Waals surface area contributed by atoms with Crippen molar-refractivity contribution in [1.82, 2.24) is 4.98 Å². The molecule has 0 amide bonds. The van der Waals surface area contributed by atoms with E-state index >= 15 is 0 Å². The number of hydrogen-bond donors (Lipinski definition) is 1. The topological polar surface area (TPSA) is 68.3 Å². The predicted octanol–water partition coefficient (Wildman–Crippen LogP) is 3.62. The third-order valence-corrected chi connectivity index (χ3v) is 5.02. The molecule has 21 heavy (non-hydrogen) atoms. The van der Waals surface area contributed by atoms with Gasteiger partial charge in [0.2, 0.25) is 0 Å². The first kappa shape index (κ1) is 16.1. The highest BCUT2D eigenvalue weighted by atomic mass is 79.9. The average molecular weight is 392 g/mol. The second-order valence-corrected chi connectivity index (χ2v) is 7.19. The van der Waals surface area contributed by atoms with E-state index in [9.17, 15) is 8.42 Å². The van der Waals surface area contributed by atoms with Crippen molar-refractivity contribution in [3.63, 3.8) is 0 Å². The third kappa shape index (κ3) is 3.48. The van der Waals surface area contributed by atoms with Crippen LogP contribution in [0.3, 0.4) is 0 Å². The quantitative estimate of drug-likeness (QED) is 0.864. The number of sulfonamides is 1. The van der Waals surface area contributed by atoms with Gasteiger partial charge in [-0.05, 0) is 30.7 Å². The molecule has 0 aliphatic heterocycles. The number of aromatic nitrogens is 1. The Hall–Kier alpha value is -1.31. The van der Waals surface area contributed by atoms with Crippen molar-refractivity contribution in [2.75, 3.05) is 11.8 Å². The van der Waals surface area contributed by atoms with Crippen molar-refractivity contribution < 1.29 is 13.2 Å². The number of halogens is 2. The molecular formula is C13H12BrClN2O3S. The molecule has 5 nitrogen and oxygen atoms in total. The SMILES string of the molecule is COc1cc(Br)cc(C)c1NS(=O)(=O)c1cnccc1Cl. The molecule has 112 valence electrons. The molecule has 0 saturated carbocycles. The first-order valence-corrected chi connectivity index (χ1v) is 8.47. The predicted molar refractivity (Wildman–Crippen MR) is 85.5 cm³/mol. The molecule has 2 aromatic rings. The van der Waals surface area contributed by atoms with Gasteiger partial charge in [0.05, 0.1) is 17.8 Å². The molecule has 0 aliphatic carbocycles. The first-order chi connectivity index (χ1) is 9.85. The van der Waals surface area contributed by atoms with Gasteiger partial charge in [-0.3, -0.25) is 9.71 Å². The summed E-state index contributed by atoms with van der Waals surface area (Å²) in [4.78, 5) is 3.70. The highest BCUT2D eigenvalue weighted by Crippen LogP contribution is 2.34. The summed E-state index contributed by atoms with van der Waals surface area (Å²) in [5, 5.41) is 0.103. The lowest BCUT2D eigenvalue weighted by atomic mass is 10.2. The van der Waals surface area contributed by atoms with Gasteiger partial charge >= 0.3 is 0 Å². The van der Waals surface area contributed by atoms with Crippen LogP contribution in [0.5, 0.6) is 5.75 Å². The van der Waals surface area contributed by atoms with Gasteiger partial charge in [-0.2, -0.15) is 0 Å². The molecule has 0 fully saturated rings. The summed E-state index contributed by atoms with van der Waals surface area (Å²) in [7, 11) is -2.38. The summed E-state index contributed by atoms with van der Waals surface area (Å²) in [6.07, 6.45) is 2.62. The molecule has 0 radical (unpaired) electrons. The fourth-order valence-electron chi connectivity index (χ4n) is 1.75. The van der Waals surface area contributed by atoms with E-state index in [-0.39, 0.29) is 9.92 Å². The van der Waals surface area contributed by atoms with E-state index in [2.05, 4.69) is 25.6 Å². The largest absolute Gasteiger partial charge is 0.495 e. The Morgan fingerprint density at radius 2 is 2.10 bits per heavy atom. The van der Waals surface area contributed by atoms with Crippen molar-refractivity contribution in [1.29, 1.82) is 0 Å². The molecule has 1 aromatic carbocycles. The van der Waals surface area contributed by atoms with Crippen LogP contribution in [0.2, 0.25) is 5.02 Å². The Morgan fingerprint density at radius 3 is 2.71 bits per heavy atom. The Balaban J connectivity index is 2.50. The highest BCUT2D eigenvalue weighted by Gasteiger charge is 2.21. The van der Waals surface area contributed by atoms with Crippen LogP contribution in [0.1, 0.15) is 5.56 Å². The fourth-order valence-corrected chi connectivity index (χ4v) is 3.88. The molecule has 0 atom stereocenters. The van der Waals surface area contributed by atoms with Gasteiger partial charge in [-0.15, -0.1) is 0 Å². The van der Waals surface area contributed by atoms with Crippen LogP contribution < -0.4 is 9.46 Å². The Kier molecular flexibility index (Phi) is 4.75. The van der Waals surface area contributed by atoms with Crippen LogP contribution in [-0.4, -0.2) is 20.5 Å². The van der Waals surface area contributed by atoms with E-state index in [1.165, 1.54) is 25.6 Å². The minimum Gasteiger partial charge on any atom is -0.495 e. The van der Waals surface area contributed by atoms with Gasteiger partial charge in [0.25, 0.3) is 10.0 Å². The van der Waals surface area contributed by atoms with Crippen molar-refractivity contribution in [2.45, 2.75) is 11.8 Å². The van der Waals surface area contributed by atoms with Crippen LogP contribution >= 0.6 is 27.5 Å². The monoisotopic (exact) mass is 390 g/mol. The van der Waals surface area contributed by atoms with E-state index in [0.29, 0.717) is 17.0 Å². The molecule has 0 bridgehead atoms.